The van der Waals surface area contributed by atoms with Crippen molar-refractivity contribution in [3.05, 3.63) is 78.4 Å². The van der Waals surface area contributed by atoms with E-state index >= 15 is 0 Å². The highest BCUT2D eigenvalue weighted by Crippen LogP contribution is 2.21. The Kier molecular flexibility index (Phi) is 5.32. The molecule has 0 aromatic heterocycles. The Morgan fingerprint density at radius 2 is 1.60 bits per heavy atom. The molecule has 0 fully saturated rings. The molecule has 0 spiro atoms. The third-order valence-electron chi connectivity index (χ3n) is 3.66. The van der Waals surface area contributed by atoms with Gasteiger partial charge in [-0.1, -0.05) is 48.5 Å². The smallest absolute Gasteiger partial charge is 0.328 e. The van der Waals surface area contributed by atoms with Gasteiger partial charge in [-0.15, -0.1) is 0 Å². The quantitative estimate of drug-likeness (QED) is 0.514. The van der Waals surface area contributed by atoms with E-state index < -0.39 is 5.97 Å². The number of carboxylic acids is 1. The summed E-state index contributed by atoms with van der Waals surface area (Å²) in [5.74, 6) is 0.429. The van der Waals surface area contributed by atoms with Crippen molar-refractivity contribution < 1.29 is 19.4 Å². The van der Waals surface area contributed by atoms with Crippen molar-refractivity contribution in [3.63, 3.8) is 0 Å². The Bertz CT molecular complexity index is 899. The lowest BCUT2D eigenvalue weighted by atomic mass is 10.1. The van der Waals surface area contributed by atoms with Crippen LogP contribution in [0.5, 0.6) is 11.5 Å². The minimum atomic E-state index is -0.991. The van der Waals surface area contributed by atoms with E-state index in [1.807, 2.05) is 48.5 Å². The molecule has 0 heterocycles. The first-order valence-corrected chi connectivity index (χ1v) is 7.97. The summed E-state index contributed by atoms with van der Waals surface area (Å²) in [5.41, 5.74) is 0.718. The Balaban J connectivity index is 1.57. The minimum absolute atomic E-state index is 0.366. The standard InChI is InChI=1S/C21H18O4/c22-21(23)12-10-17-6-3-4-8-20(17)25-14-13-24-19-11-9-16-5-1-2-7-18(16)15-19/h1-12,15H,13-14H2,(H,22,23). The summed E-state index contributed by atoms with van der Waals surface area (Å²) in [6, 6.07) is 21.4. The van der Waals surface area contributed by atoms with Crippen molar-refractivity contribution in [2.75, 3.05) is 13.2 Å². The summed E-state index contributed by atoms with van der Waals surface area (Å²) < 4.78 is 11.4. The highest BCUT2D eigenvalue weighted by atomic mass is 16.5. The molecule has 0 unspecified atom stereocenters. The molecule has 3 aromatic carbocycles. The lowest BCUT2D eigenvalue weighted by Gasteiger charge is -2.11. The van der Waals surface area contributed by atoms with Crippen LogP contribution in [0.15, 0.2) is 72.8 Å². The number of rotatable bonds is 7. The van der Waals surface area contributed by atoms with Crippen LogP contribution in [-0.2, 0) is 4.79 Å². The van der Waals surface area contributed by atoms with Gasteiger partial charge in [0.1, 0.15) is 24.7 Å². The number of hydrogen-bond acceptors (Lipinski definition) is 3. The number of fused-ring (bicyclic) bond motifs is 1. The first kappa shape index (κ1) is 16.6. The molecule has 0 aliphatic heterocycles. The van der Waals surface area contributed by atoms with E-state index in [2.05, 4.69) is 6.07 Å². The number of aliphatic carboxylic acids is 1. The molecule has 0 bridgehead atoms. The Morgan fingerprint density at radius 3 is 2.44 bits per heavy atom. The summed E-state index contributed by atoms with van der Waals surface area (Å²) in [5, 5.41) is 11.0. The van der Waals surface area contributed by atoms with Crippen LogP contribution in [0.3, 0.4) is 0 Å². The Hall–Kier alpha value is -3.27. The molecule has 4 heteroatoms. The Morgan fingerprint density at radius 1 is 0.880 bits per heavy atom. The molecule has 126 valence electrons. The number of carbonyl (C=O) groups is 1. The number of ether oxygens (including phenoxy) is 2. The first-order chi connectivity index (χ1) is 12.2. The average molecular weight is 334 g/mol. The minimum Gasteiger partial charge on any atom is -0.490 e. The van der Waals surface area contributed by atoms with E-state index in [4.69, 9.17) is 14.6 Å². The van der Waals surface area contributed by atoms with Crippen LogP contribution in [0, 0.1) is 0 Å². The first-order valence-electron chi connectivity index (χ1n) is 7.97. The second-order valence-corrected chi connectivity index (χ2v) is 5.42. The number of hydrogen-bond donors (Lipinski definition) is 1. The molecule has 0 amide bonds. The van der Waals surface area contributed by atoms with Gasteiger partial charge in [-0.3, -0.25) is 0 Å². The highest BCUT2D eigenvalue weighted by molar-refractivity contribution is 5.86. The number of carboxylic acid groups (broad SMARTS) is 1. The molecule has 0 atom stereocenters. The van der Waals surface area contributed by atoms with Crippen LogP contribution < -0.4 is 9.47 Å². The summed E-state index contributed by atoms with van der Waals surface area (Å²) in [4.78, 5) is 10.6. The topological polar surface area (TPSA) is 55.8 Å². The van der Waals surface area contributed by atoms with Crippen LogP contribution in [-0.4, -0.2) is 24.3 Å². The molecule has 0 aliphatic rings. The van der Waals surface area contributed by atoms with Crippen LogP contribution in [0.4, 0.5) is 0 Å². The average Bonchev–Trinajstić information content (AvgIpc) is 2.64. The maximum Gasteiger partial charge on any atom is 0.328 e. The molecule has 25 heavy (non-hydrogen) atoms. The zero-order chi connectivity index (χ0) is 17.5. The van der Waals surface area contributed by atoms with Crippen LogP contribution in [0.2, 0.25) is 0 Å². The van der Waals surface area contributed by atoms with Crippen LogP contribution >= 0.6 is 0 Å². The van der Waals surface area contributed by atoms with Gasteiger partial charge in [-0.2, -0.15) is 0 Å². The van der Waals surface area contributed by atoms with Gasteiger partial charge < -0.3 is 14.6 Å². The zero-order valence-corrected chi connectivity index (χ0v) is 13.6. The summed E-state index contributed by atoms with van der Waals surface area (Å²) in [6.45, 7) is 0.764. The Labute approximate surface area is 145 Å². The molecule has 0 saturated carbocycles. The molecule has 3 rings (SSSR count). The second kappa shape index (κ2) is 8.02. The summed E-state index contributed by atoms with van der Waals surface area (Å²) in [7, 11) is 0. The van der Waals surface area contributed by atoms with Gasteiger partial charge in [-0.25, -0.2) is 4.79 Å². The van der Waals surface area contributed by atoms with E-state index in [0.29, 0.717) is 19.0 Å². The predicted molar refractivity (Wildman–Crippen MR) is 98.0 cm³/mol. The van der Waals surface area contributed by atoms with E-state index in [9.17, 15) is 4.79 Å². The van der Waals surface area contributed by atoms with Crippen molar-refractivity contribution in [3.8, 4) is 11.5 Å². The van der Waals surface area contributed by atoms with Gasteiger partial charge in [0.2, 0.25) is 0 Å². The van der Waals surface area contributed by atoms with Crippen molar-refractivity contribution in [2.24, 2.45) is 0 Å². The fourth-order valence-electron chi connectivity index (χ4n) is 2.48. The van der Waals surface area contributed by atoms with Gasteiger partial charge in [0.05, 0.1) is 0 Å². The molecule has 0 saturated heterocycles. The summed E-state index contributed by atoms with van der Waals surface area (Å²) >= 11 is 0. The monoisotopic (exact) mass is 334 g/mol. The third-order valence-corrected chi connectivity index (χ3v) is 3.66. The molecule has 1 N–H and O–H groups in total. The largest absolute Gasteiger partial charge is 0.490 e. The third kappa shape index (κ3) is 4.61. The predicted octanol–water partition coefficient (Wildman–Crippen LogP) is 4.40. The summed E-state index contributed by atoms with van der Waals surface area (Å²) in [6.07, 6.45) is 2.61. The van der Waals surface area contributed by atoms with Crippen LogP contribution in [0.1, 0.15) is 5.56 Å². The number of benzene rings is 3. The molecule has 4 nitrogen and oxygen atoms in total. The molecular formula is C21H18O4. The van der Waals surface area contributed by atoms with Crippen molar-refractivity contribution >= 4 is 22.8 Å². The fraction of sp³-hybridized carbons (Fsp3) is 0.0952. The van der Waals surface area contributed by atoms with E-state index in [-0.39, 0.29) is 0 Å². The van der Waals surface area contributed by atoms with Crippen molar-refractivity contribution in [1.82, 2.24) is 0 Å². The molecule has 0 radical (unpaired) electrons. The van der Waals surface area contributed by atoms with Crippen molar-refractivity contribution in [2.45, 2.75) is 0 Å². The highest BCUT2D eigenvalue weighted by Gasteiger charge is 2.02. The normalized spacial score (nSPS) is 10.9. The van der Waals surface area contributed by atoms with Gasteiger partial charge >= 0.3 is 5.97 Å². The maximum absolute atomic E-state index is 10.6. The van der Waals surface area contributed by atoms with Gasteiger partial charge in [0.15, 0.2) is 0 Å². The number of para-hydroxylation sites is 1. The zero-order valence-electron chi connectivity index (χ0n) is 13.6. The van der Waals surface area contributed by atoms with Crippen molar-refractivity contribution in [1.29, 1.82) is 0 Å². The van der Waals surface area contributed by atoms with E-state index in [1.165, 1.54) is 11.5 Å². The van der Waals surface area contributed by atoms with Crippen LogP contribution in [0.25, 0.3) is 16.8 Å². The lowest BCUT2D eigenvalue weighted by molar-refractivity contribution is -0.131. The van der Waals surface area contributed by atoms with Gasteiger partial charge in [-0.05, 0) is 35.0 Å². The van der Waals surface area contributed by atoms with E-state index in [1.54, 1.807) is 12.1 Å². The van der Waals surface area contributed by atoms with Gasteiger partial charge in [0.25, 0.3) is 0 Å². The fourth-order valence-corrected chi connectivity index (χ4v) is 2.48. The SMILES string of the molecule is O=C(O)C=Cc1ccccc1OCCOc1ccc2ccccc2c1. The molecular weight excluding hydrogens is 316 g/mol. The van der Waals surface area contributed by atoms with Gasteiger partial charge in [0, 0.05) is 11.6 Å². The molecule has 3 aromatic rings. The second-order valence-electron chi connectivity index (χ2n) is 5.42. The van der Waals surface area contributed by atoms with E-state index in [0.717, 1.165) is 22.8 Å². The molecule has 0 aliphatic carbocycles. The maximum atomic E-state index is 10.6. The lowest BCUT2D eigenvalue weighted by Crippen LogP contribution is -2.09.